The molecule has 0 spiro atoms. The largest absolute Gasteiger partial charge is 0.451 e. The van der Waals surface area contributed by atoms with Gasteiger partial charge in [0.1, 0.15) is 17.4 Å². The molecule has 0 aliphatic carbocycles. The predicted octanol–water partition coefficient (Wildman–Crippen LogP) is 2.71. The molecule has 2 rings (SSSR count). The molecule has 0 unspecified atom stereocenters. The minimum atomic E-state index is -4.74. The van der Waals surface area contributed by atoms with E-state index in [2.05, 4.69) is 9.97 Å². The first-order valence-electron chi connectivity index (χ1n) is 5.25. The summed E-state index contributed by atoms with van der Waals surface area (Å²) in [6.45, 7) is 0. The van der Waals surface area contributed by atoms with E-state index in [0.29, 0.717) is 0 Å². The molecule has 1 aromatic carbocycles. The van der Waals surface area contributed by atoms with Crippen LogP contribution in [0.4, 0.5) is 23.4 Å². The smallest absolute Gasteiger partial charge is 0.439 e. The summed E-state index contributed by atoms with van der Waals surface area (Å²) in [6, 6.07) is 5.78. The Labute approximate surface area is 110 Å². The first kappa shape index (κ1) is 14.0. The number of hydrazine groups is 1. The molecule has 0 fully saturated rings. The second kappa shape index (κ2) is 5.29. The fourth-order valence-electron chi connectivity index (χ4n) is 1.30. The number of nitrogens with zero attached hydrogens (tertiary/aromatic N) is 2. The summed E-state index contributed by atoms with van der Waals surface area (Å²) in [6.07, 6.45) is -4.74. The second-order valence-electron chi connectivity index (χ2n) is 3.61. The molecule has 106 valence electrons. The van der Waals surface area contributed by atoms with Crippen molar-refractivity contribution in [2.24, 2.45) is 5.84 Å². The molecule has 0 aliphatic heterocycles. The lowest BCUT2D eigenvalue weighted by Crippen LogP contribution is -2.16. The zero-order chi connectivity index (χ0) is 14.8. The maximum atomic E-state index is 12.7. The van der Waals surface area contributed by atoms with Crippen LogP contribution in [-0.4, -0.2) is 9.97 Å². The molecule has 20 heavy (non-hydrogen) atoms. The third kappa shape index (κ3) is 3.32. The molecule has 0 saturated heterocycles. The van der Waals surface area contributed by atoms with Crippen molar-refractivity contribution < 1.29 is 22.3 Å². The van der Waals surface area contributed by atoms with Crippen molar-refractivity contribution in [2.75, 3.05) is 5.43 Å². The normalized spacial score (nSPS) is 11.2. The summed E-state index contributed by atoms with van der Waals surface area (Å²) in [4.78, 5) is 6.39. The highest BCUT2D eigenvalue weighted by molar-refractivity contribution is 5.39. The number of nitrogen functional groups attached to an aromatic ring is 1. The number of ether oxygens (including phenoxy) is 1. The Morgan fingerprint density at radius 1 is 1.10 bits per heavy atom. The fraction of sp³-hybridized carbons (Fsp3) is 0.0909. The van der Waals surface area contributed by atoms with Gasteiger partial charge in [-0.1, -0.05) is 0 Å². The van der Waals surface area contributed by atoms with E-state index in [1.807, 2.05) is 5.43 Å². The van der Waals surface area contributed by atoms with E-state index < -0.39 is 17.8 Å². The van der Waals surface area contributed by atoms with E-state index in [1.54, 1.807) is 0 Å². The van der Waals surface area contributed by atoms with Crippen LogP contribution in [0.2, 0.25) is 0 Å². The Kier molecular flexibility index (Phi) is 3.70. The van der Waals surface area contributed by atoms with Crippen LogP contribution in [0, 0.1) is 5.82 Å². The van der Waals surface area contributed by atoms with Gasteiger partial charge in [0.05, 0.1) is 0 Å². The van der Waals surface area contributed by atoms with Crippen LogP contribution < -0.4 is 16.0 Å². The molecule has 3 N–H and O–H groups in total. The maximum Gasteiger partial charge on any atom is 0.451 e. The summed E-state index contributed by atoms with van der Waals surface area (Å²) < 4.78 is 55.5. The summed E-state index contributed by atoms with van der Waals surface area (Å²) in [5, 5.41) is 0. The highest BCUT2D eigenvalue weighted by Crippen LogP contribution is 2.30. The lowest BCUT2D eigenvalue weighted by molar-refractivity contribution is -0.145. The van der Waals surface area contributed by atoms with Gasteiger partial charge in [0.25, 0.3) is 0 Å². The molecule has 0 bridgehead atoms. The summed E-state index contributed by atoms with van der Waals surface area (Å²) in [7, 11) is 0. The van der Waals surface area contributed by atoms with E-state index in [1.165, 1.54) is 12.1 Å². The number of anilines is 1. The first-order valence-corrected chi connectivity index (χ1v) is 5.25. The van der Waals surface area contributed by atoms with Gasteiger partial charge in [-0.05, 0) is 24.3 Å². The molecule has 1 aromatic heterocycles. The lowest BCUT2D eigenvalue weighted by atomic mass is 10.3. The summed E-state index contributed by atoms with van der Waals surface area (Å²) in [5.74, 6) is 2.63. The quantitative estimate of drug-likeness (QED) is 0.516. The predicted molar refractivity (Wildman–Crippen MR) is 61.3 cm³/mol. The van der Waals surface area contributed by atoms with E-state index in [-0.39, 0.29) is 17.4 Å². The molecule has 0 radical (unpaired) electrons. The van der Waals surface area contributed by atoms with Crippen LogP contribution in [-0.2, 0) is 6.18 Å². The van der Waals surface area contributed by atoms with Crippen molar-refractivity contribution in [3.63, 3.8) is 0 Å². The zero-order valence-electron chi connectivity index (χ0n) is 9.78. The number of aromatic nitrogens is 2. The molecule has 0 atom stereocenters. The standard InChI is InChI=1S/C11H8F4N4O/c12-6-1-3-7(4-2-6)20-9-5-8(19-16)17-10(18-9)11(13,14)15/h1-5H,16H2,(H,17,18,19). The number of nitrogens with one attached hydrogen (secondary N) is 1. The molecule has 0 amide bonds. The van der Waals surface area contributed by atoms with Gasteiger partial charge in [-0.25, -0.2) is 15.2 Å². The highest BCUT2D eigenvalue weighted by Gasteiger charge is 2.35. The topological polar surface area (TPSA) is 73.1 Å². The number of nitrogens with two attached hydrogens (primary N) is 1. The fourth-order valence-corrected chi connectivity index (χ4v) is 1.30. The van der Waals surface area contributed by atoms with Crippen molar-refractivity contribution in [2.45, 2.75) is 6.18 Å². The molecule has 1 heterocycles. The molecule has 5 nitrogen and oxygen atoms in total. The van der Waals surface area contributed by atoms with Crippen LogP contribution in [0.3, 0.4) is 0 Å². The minimum absolute atomic E-state index is 0.126. The lowest BCUT2D eigenvalue weighted by Gasteiger charge is -2.10. The van der Waals surface area contributed by atoms with Gasteiger partial charge < -0.3 is 10.2 Å². The van der Waals surface area contributed by atoms with Gasteiger partial charge in [-0.15, -0.1) is 0 Å². The van der Waals surface area contributed by atoms with Crippen molar-refractivity contribution in [3.05, 3.63) is 42.0 Å². The number of alkyl halides is 3. The third-order valence-corrected chi connectivity index (χ3v) is 2.14. The minimum Gasteiger partial charge on any atom is -0.439 e. The Morgan fingerprint density at radius 2 is 1.75 bits per heavy atom. The van der Waals surface area contributed by atoms with Crippen molar-refractivity contribution in [1.82, 2.24) is 9.97 Å². The zero-order valence-corrected chi connectivity index (χ0v) is 9.78. The van der Waals surface area contributed by atoms with Crippen molar-refractivity contribution in [3.8, 4) is 11.6 Å². The van der Waals surface area contributed by atoms with Crippen LogP contribution in [0.15, 0.2) is 30.3 Å². The van der Waals surface area contributed by atoms with Gasteiger partial charge in [0, 0.05) is 6.07 Å². The van der Waals surface area contributed by atoms with E-state index in [9.17, 15) is 17.6 Å². The van der Waals surface area contributed by atoms with Gasteiger partial charge in [0.15, 0.2) is 0 Å². The Bertz CT molecular complexity index is 600. The van der Waals surface area contributed by atoms with Crippen LogP contribution in [0.25, 0.3) is 0 Å². The number of rotatable bonds is 3. The first-order chi connectivity index (χ1) is 9.38. The van der Waals surface area contributed by atoms with Crippen molar-refractivity contribution >= 4 is 5.82 Å². The van der Waals surface area contributed by atoms with Crippen LogP contribution in [0.5, 0.6) is 11.6 Å². The average Bonchev–Trinajstić information content (AvgIpc) is 2.40. The second-order valence-corrected chi connectivity index (χ2v) is 3.61. The molecule has 0 saturated carbocycles. The maximum absolute atomic E-state index is 12.7. The molecule has 0 aliphatic rings. The van der Waals surface area contributed by atoms with Gasteiger partial charge in [-0.3, -0.25) is 0 Å². The van der Waals surface area contributed by atoms with Crippen LogP contribution in [0.1, 0.15) is 5.82 Å². The molecular formula is C11H8F4N4O. The molecular weight excluding hydrogens is 280 g/mol. The number of hydrogen-bond acceptors (Lipinski definition) is 5. The molecule has 2 aromatic rings. The van der Waals surface area contributed by atoms with E-state index in [0.717, 1.165) is 18.2 Å². The number of halogens is 4. The number of benzene rings is 1. The number of hydrogen-bond donors (Lipinski definition) is 2. The highest BCUT2D eigenvalue weighted by atomic mass is 19.4. The van der Waals surface area contributed by atoms with Gasteiger partial charge in [0.2, 0.25) is 11.7 Å². The Hall–Kier alpha value is -2.42. The van der Waals surface area contributed by atoms with E-state index >= 15 is 0 Å². The summed E-state index contributed by atoms with van der Waals surface area (Å²) >= 11 is 0. The monoisotopic (exact) mass is 288 g/mol. The van der Waals surface area contributed by atoms with Gasteiger partial charge in [-0.2, -0.15) is 18.2 Å². The van der Waals surface area contributed by atoms with Crippen molar-refractivity contribution in [1.29, 1.82) is 0 Å². The summed E-state index contributed by atoms with van der Waals surface area (Å²) in [5.41, 5.74) is 1.98. The third-order valence-electron chi connectivity index (χ3n) is 2.14. The molecule has 9 heteroatoms. The van der Waals surface area contributed by atoms with Crippen LogP contribution >= 0.6 is 0 Å². The van der Waals surface area contributed by atoms with E-state index in [4.69, 9.17) is 10.6 Å². The SMILES string of the molecule is NNc1cc(Oc2ccc(F)cc2)nc(C(F)(F)F)n1. The average molecular weight is 288 g/mol. The van der Waals surface area contributed by atoms with Gasteiger partial charge >= 0.3 is 6.18 Å². The Morgan fingerprint density at radius 3 is 2.30 bits per heavy atom. The Balaban J connectivity index is 2.33.